The van der Waals surface area contributed by atoms with Gasteiger partial charge in [0.25, 0.3) is 0 Å². The topological polar surface area (TPSA) is 73.2 Å². The predicted molar refractivity (Wildman–Crippen MR) is 114 cm³/mol. The minimum atomic E-state index is -3.81. The fraction of sp³-hybridized carbons (Fsp3) is 0.250. The van der Waals surface area contributed by atoms with Crippen LogP contribution in [0.2, 0.25) is 10.0 Å². The number of hydrogen-bond donors (Lipinski definition) is 1. The molecule has 0 aliphatic heterocycles. The molecule has 154 valence electrons. The zero-order chi connectivity index (χ0) is 21.2. The van der Waals surface area contributed by atoms with Gasteiger partial charge in [0, 0.05) is 6.54 Å². The van der Waals surface area contributed by atoms with Crippen LogP contribution in [0.3, 0.4) is 0 Å². The van der Waals surface area contributed by atoms with E-state index in [1.807, 2.05) is 42.7 Å². The van der Waals surface area contributed by atoms with Crippen LogP contribution in [0.4, 0.5) is 0 Å². The summed E-state index contributed by atoms with van der Waals surface area (Å²) in [6.07, 6.45) is 1.59. The third kappa shape index (κ3) is 4.93. The van der Waals surface area contributed by atoms with Crippen LogP contribution in [0.15, 0.2) is 53.6 Å². The van der Waals surface area contributed by atoms with Crippen molar-refractivity contribution in [1.29, 1.82) is 0 Å². The lowest BCUT2D eigenvalue weighted by Gasteiger charge is -2.17. The number of ether oxygens (including phenoxy) is 1. The van der Waals surface area contributed by atoms with Gasteiger partial charge in [-0.3, -0.25) is 4.57 Å². The van der Waals surface area contributed by atoms with Crippen LogP contribution in [0, 0.1) is 6.92 Å². The van der Waals surface area contributed by atoms with Crippen molar-refractivity contribution in [3.63, 3.8) is 0 Å². The van der Waals surface area contributed by atoms with E-state index in [0.717, 1.165) is 5.56 Å². The van der Waals surface area contributed by atoms with Gasteiger partial charge >= 0.3 is 0 Å². The molecule has 9 heteroatoms. The number of nitrogens with zero attached hydrogens (tertiary/aromatic N) is 2. The van der Waals surface area contributed by atoms with Gasteiger partial charge in [-0.1, -0.05) is 40.9 Å². The molecule has 6 nitrogen and oxygen atoms in total. The fourth-order valence-electron chi connectivity index (χ4n) is 2.84. The second kappa shape index (κ2) is 8.75. The maximum atomic E-state index is 12.7. The maximum absolute atomic E-state index is 12.7. The first-order valence-electron chi connectivity index (χ1n) is 8.98. The van der Waals surface area contributed by atoms with Crippen LogP contribution in [0.5, 0.6) is 11.6 Å². The first-order valence-corrected chi connectivity index (χ1v) is 11.2. The Morgan fingerprint density at radius 1 is 1.14 bits per heavy atom. The van der Waals surface area contributed by atoms with Crippen LogP contribution < -0.4 is 9.46 Å². The Balaban J connectivity index is 1.83. The smallest absolute Gasteiger partial charge is 0.241 e. The Bertz CT molecular complexity index is 1110. The minimum absolute atomic E-state index is 0.0319. The van der Waals surface area contributed by atoms with Crippen LogP contribution in [-0.2, 0) is 16.6 Å². The highest BCUT2D eigenvalue weighted by atomic mass is 35.5. The third-order valence-corrected chi connectivity index (χ3v) is 6.61. The second-order valence-corrected chi connectivity index (χ2v) is 9.06. The number of aromatic nitrogens is 2. The van der Waals surface area contributed by atoms with Crippen molar-refractivity contribution in [3.8, 4) is 11.6 Å². The van der Waals surface area contributed by atoms with Crippen LogP contribution in [0.25, 0.3) is 0 Å². The molecule has 1 heterocycles. The highest BCUT2D eigenvalue weighted by Gasteiger charge is 2.23. The van der Waals surface area contributed by atoms with Crippen molar-refractivity contribution in [2.45, 2.75) is 38.3 Å². The summed E-state index contributed by atoms with van der Waals surface area (Å²) < 4.78 is 35.8. The van der Waals surface area contributed by atoms with Gasteiger partial charge in [0.1, 0.15) is 11.6 Å². The van der Waals surface area contributed by atoms with Gasteiger partial charge in [0.15, 0.2) is 0 Å². The third-order valence-electron chi connectivity index (χ3n) is 4.33. The van der Waals surface area contributed by atoms with Crippen molar-refractivity contribution in [1.82, 2.24) is 14.3 Å². The van der Waals surface area contributed by atoms with E-state index in [4.69, 9.17) is 27.9 Å². The summed E-state index contributed by atoms with van der Waals surface area (Å²) in [5.41, 5.74) is 1.13. The number of halogens is 2. The molecule has 0 aliphatic carbocycles. The molecule has 1 N–H and O–H groups in total. The van der Waals surface area contributed by atoms with E-state index in [0.29, 0.717) is 24.0 Å². The quantitative estimate of drug-likeness (QED) is 0.522. The molecule has 0 aliphatic rings. The second-order valence-electron chi connectivity index (χ2n) is 6.53. The van der Waals surface area contributed by atoms with E-state index in [-0.39, 0.29) is 14.9 Å². The Morgan fingerprint density at radius 3 is 2.45 bits per heavy atom. The first-order chi connectivity index (χ1) is 13.7. The molecule has 3 rings (SSSR count). The van der Waals surface area contributed by atoms with E-state index in [2.05, 4.69) is 9.71 Å². The zero-order valence-electron chi connectivity index (χ0n) is 16.2. The Kier molecular flexibility index (Phi) is 6.53. The lowest BCUT2D eigenvalue weighted by molar-refractivity contribution is 0.423. The summed E-state index contributed by atoms with van der Waals surface area (Å²) in [4.78, 5) is 4.41. The van der Waals surface area contributed by atoms with Crippen LogP contribution in [0.1, 0.15) is 31.3 Å². The highest BCUT2D eigenvalue weighted by molar-refractivity contribution is 7.89. The van der Waals surface area contributed by atoms with Crippen molar-refractivity contribution in [2.24, 2.45) is 0 Å². The molecule has 0 saturated heterocycles. The first kappa shape index (κ1) is 21.6. The molecule has 1 unspecified atom stereocenters. The fourth-order valence-corrected chi connectivity index (χ4v) is 4.43. The molecule has 0 saturated carbocycles. The monoisotopic (exact) mass is 453 g/mol. The van der Waals surface area contributed by atoms with Crippen LogP contribution in [-0.4, -0.2) is 18.0 Å². The molecule has 1 atom stereocenters. The highest BCUT2D eigenvalue weighted by Crippen LogP contribution is 2.28. The van der Waals surface area contributed by atoms with Gasteiger partial charge in [0.05, 0.1) is 27.2 Å². The van der Waals surface area contributed by atoms with E-state index in [1.165, 1.54) is 18.2 Å². The number of rotatable bonds is 7. The Labute approximate surface area is 180 Å². The Morgan fingerprint density at radius 2 is 1.83 bits per heavy atom. The largest absolute Gasteiger partial charge is 0.439 e. The van der Waals surface area contributed by atoms with Crippen LogP contribution >= 0.6 is 23.2 Å². The van der Waals surface area contributed by atoms with Gasteiger partial charge in [-0.05, 0) is 51.1 Å². The molecule has 2 aromatic carbocycles. The molecule has 0 bridgehead atoms. The van der Waals surface area contributed by atoms with Gasteiger partial charge in [0.2, 0.25) is 15.9 Å². The van der Waals surface area contributed by atoms with Crippen molar-refractivity contribution >= 4 is 33.2 Å². The summed E-state index contributed by atoms with van der Waals surface area (Å²) in [6, 6.07) is 11.2. The normalized spacial score (nSPS) is 12.7. The SMILES string of the molecule is CCn1c(Oc2ccc(C)cc2)cnc1C(C)NS(=O)(=O)c1ccc(Cl)c(Cl)c1. The van der Waals surface area contributed by atoms with E-state index in [9.17, 15) is 8.42 Å². The summed E-state index contributed by atoms with van der Waals surface area (Å²) in [5, 5.41) is 0.462. The molecular weight excluding hydrogens is 433 g/mol. The molecular formula is C20H21Cl2N3O3S. The molecule has 29 heavy (non-hydrogen) atoms. The van der Waals surface area contributed by atoms with Crippen molar-refractivity contribution in [2.75, 3.05) is 0 Å². The number of hydrogen-bond acceptors (Lipinski definition) is 4. The summed E-state index contributed by atoms with van der Waals surface area (Å²) >= 11 is 11.8. The van der Waals surface area contributed by atoms with Gasteiger partial charge in [-0.15, -0.1) is 0 Å². The van der Waals surface area contributed by atoms with E-state index in [1.54, 1.807) is 13.1 Å². The maximum Gasteiger partial charge on any atom is 0.241 e. The lowest BCUT2D eigenvalue weighted by atomic mass is 10.2. The van der Waals surface area contributed by atoms with E-state index >= 15 is 0 Å². The van der Waals surface area contributed by atoms with Crippen molar-refractivity contribution in [3.05, 3.63) is 70.1 Å². The molecule has 0 radical (unpaired) electrons. The molecule has 1 aromatic heterocycles. The zero-order valence-corrected chi connectivity index (χ0v) is 18.5. The number of sulfonamides is 1. The average molecular weight is 454 g/mol. The summed E-state index contributed by atoms with van der Waals surface area (Å²) in [7, 11) is -3.81. The number of benzene rings is 2. The number of imidazole rings is 1. The van der Waals surface area contributed by atoms with Gasteiger partial charge < -0.3 is 4.74 Å². The Hall–Kier alpha value is -2.06. The predicted octanol–water partition coefficient (Wildman–Crippen LogP) is 5.35. The molecule has 0 amide bonds. The summed E-state index contributed by atoms with van der Waals surface area (Å²) in [6.45, 7) is 6.22. The van der Waals surface area contributed by atoms with Gasteiger partial charge in [-0.2, -0.15) is 0 Å². The molecule has 0 spiro atoms. The molecule has 3 aromatic rings. The van der Waals surface area contributed by atoms with E-state index < -0.39 is 16.1 Å². The molecule has 0 fully saturated rings. The summed E-state index contributed by atoms with van der Waals surface area (Å²) in [5.74, 6) is 1.76. The van der Waals surface area contributed by atoms with Gasteiger partial charge in [-0.25, -0.2) is 18.1 Å². The number of aryl methyl sites for hydroxylation is 1. The minimum Gasteiger partial charge on any atom is -0.439 e. The lowest BCUT2D eigenvalue weighted by Crippen LogP contribution is -2.29. The van der Waals surface area contributed by atoms with Crippen molar-refractivity contribution < 1.29 is 13.2 Å². The number of nitrogens with one attached hydrogen (secondary N) is 1. The standard InChI is InChI=1S/C20H21Cl2N3O3S/c1-4-25-19(28-15-7-5-13(2)6-8-15)12-23-20(25)14(3)24-29(26,27)16-9-10-17(21)18(22)11-16/h5-12,14,24H,4H2,1-3H3. The average Bonchev–Trinajstić information content (AvgIpc) is 3.08.